The lowest BCUT2D eigenvalue weighted by atomic mass is 9.86. The van der Waals surface area contributed by atoms with Gasteiger partial charge in [0.1, 0.15) is 5.75 Å². The molecule has 0 radical (unpaired) electrons. The molecule has 0 bridgehead atoms. The minimum Gasteiger partial charge on any atom is -0.426 e. The number of rotatable bonds is 8. The Bertz CT molecular complexity index is 645. The van der Waals surface area contributed by atoms with Crippen LogP contribution in [0.4, 0.5) is 0 Å². The van der Waals surface area contributed by atoms with Gasteiger partial charge >= 0.3 is 13.6 Å². The topological polar surface area (TPSA) is 61.8 Å². The maximum Gasteiger partial charge on any atom is 0.331 e. The standard InChI is InChI=1S/C20H33O5P/c1-14(2)24-26(22,25-15(3)4)12-11-19(21)23-18-13-16(5)9-10-17(18)20(6,7)8/h9-10,13-15H,11-12H2,1-8H3. The van der Waals surface area contributed by atoms with Gasteiger partial charge < -0.3 is 13.8 Å². The molecule has 1 aromatic carbocycles. The molecule has 0 saturated heterocycles. The summed E-state index contributed by atoms with van der Waals surface area (Å²) in [6.07, 6.45) is -0.535. The van der Waals surface area contributed by atoms with Crippen LogP contribution < -0.4 is 4.74 Å². The first-order chi connectivity index (χ1) is 11.8. The van der Waals surface area contributed by atoms with Crippen LogP contribution in [0.1, 0.15) is 66.0 Å². The van der Waals surface area contributed by atoms with Crippen LogP contribution in [0.2, 0.25) is 0 Å². The van der Waals surface area contributed by atoms with Gasteiger partial charge in [-0.25, -0.2) is 0 Å². The van der Waals surface area contributed by atoms with E-state index in [1.54, 1.807) is 27.7 Å². The molecule has 0 spiro atoms. The van der Waals surface area contributed by atoms with Gasteiger partial charge in [-0.1, -0.05) is 32.9 Å². The minimum atomic E-state index is -3.34. The zero-order valence-corrected chi connectivity index (χ0v) is 18.2. The molecule has 1 rings (SSSR count). The van der Waals surface area contributed by atoms with Crippen LogP contribution in [0.3, 0.4) is 0 Å². The number of hydrogen-bond donors (Lipinski definition) is 0. The predicted octanol–water partition coefficient (Wildman–Crippen LogP) is 5.63. The summed E-state index contributed by atoms with van der Waals surface area (Å²) >= 11 is 0. The van der Waals surface area contributed by atoms with Crippen molar-refractivity contribution >= 4 is 13.6 Å². The summed E-state index contributed by atoms with van der Waals surface area (Å²) in [6, 6.07) is 5.83. The van der Waals surface area contributed by atoms with Crippen molar-refractivity contribution in [3.63, 3.8) is 0 Å². The van der Waals surface area contributed by atoms with E-state index in [4.69, 9.17) is 13.8 Å². The molecule has 26 heavy (non-hydrogen) atoms. The Balaban J connectivity index is 2.86. The summed E-state index contributed by atoms with van der Waals surface area (Å²) in [6.45, 7) is 15.3. The zero-order valence-electron chi connectivity index (χ0n) is 17.3. The molecule has 1 aromatic rings. The number of carbonyl (C=O) groups excluding carboxylic acids is 1. The Kier molecular flexibility index (Phi) is 8.06. The Morgan fingerprint density at radius 3 is 2.08 bits per heavy atom. The molecule has 0 aliphatic rings. The van der Waals surface area contributed by atoms with Gasteiger partial charge in [0.15, 0.2) is 0 Å². The second kappa shape index (κ2) is 9.16. The molecule has 148 valence electrons. The highest BCUT2D eigenvalue weighted by Crippen LogP contribution is 2.51. The van der Waals surface area contributed by atoms with Gasteiger partial charge in [-0.05, 0) is 51.7 Å². The van der Waals surface area contributed by atoms with E-state index in [9.17, 15) is 9.36 Å². The van der Waals surface area contributed by atoms with Crippen molar-refractivity contribution in [1.82, 2.24) is 0 Å². The summed E-state index contributed by atoms with van der Waals surface area (Å²) in [5.41, 5.74) is 1.81. The van der Waals surface area contributed by atoms with Crippen LogP contribution >= 0.6 is 7.60 Å². The van der Waals surface area contributed by atoms with Crippen molar-refractivity contribution in [2.45, 2.75) is 79.4 Å². The molecular weight excluding hydrogens is 351 g/mol. The number of carbonyl (C=O) groups is 1. The lowest BCUT2D eigenvalue weighted by Crippen LogP contribution is -2.18. The zero-order chi connectivity index (χ0) is 20.1. The molecule has 0 saturated carbocycles. The third-order valence-corrected chi connectivity index (χ3v) is 5.76. The van der Waals surface area contributed by atoms with E-state index >= 15 is 0 Å². The number of esters is 1. The van der Waals surface area contributed by atoms with E-state index in [2.05, 4.69) is 20.8 Å². The van der Waals surface area contributed by atoms with Gasteiger partial charge in [-0.15, -0.1) is 0 Å². The number of benzene rings is 1. The quantitative estimate of drug-likeness (QED) is 0.330. The molecule has 0 amide bonds. The SMILES string of the molecule is Cc1ccc(C(C)(C)C)c(OC(=O)CCP(=O)(OC(C)C)OC(C)C)c1. The smallest absolute Gasteiger partial charge is 0.331 e. The third kappa shape index (κ3) is 7.61. The third-order valence-electron chi connectivity index (χ3n) is 3.50. The lowest BCUT2D eigenvalue weighted by molar-refractivity contribution is -0.134. The Hall–Kier alpha value is -1.16. The summed E-state index contributed by atoms with van der Waals surface area (Å²) in [5.74, 6) is 0.105. The van der Waals surface area contributed by atoms with Crippen LogP contribution in [0.25, 0.3) is 0 Å². The van der Waals surface area contributed by atoms with E-state index in [-0.39, 0.29) is 30.2 Å². The van der Waals surface area contributed by atoms with Crippen molar-refractivity contribution < 1.29 is 23.1 Å². The molecule has 0 unspecified atom stereocenters. The maximum atomic E-state index is 12.8. The molecule has 0 aliphatic carbocycles. The van der Waals surface area contributed by atoms with Crippen molar-refractivity contribution in [1.29, 1.82) is 0 Å². The number of aryl methyl sites for hydroxylation is 1. The van der Waals surface area contributed by atoms with E-state index in [1.807, 2.05) is 25.1 Å². The molecular formula is C20H33O5P. The van der Waals surface area contributed by atoms with E-state index in [0.29, 0.717) is 5.75 Å². The molecule has 5 nitrogen and oxygen atoms in total. The van der Waals surface area contributed by atoms with E-state index < -0.39 is 13.6 Å². The Labute approximate surface area is 158 Å². The van der Waals surface area contributed by atoms with Crippen LogP contribution in [0.5, 0.6) is 5.75 Å². The van der Waals surface area contributed by atoms with Gasteiger partial charge in [0.25, 0.3) is 0 Å². The Morgan fingerprint density at radius 1 is 1.08 bits per heavy atom. The molecule has 0 atom stereocenters. The highest BCUT2D eigenvalue weighted by atomic mass is 31.2. The highest BCUT2D eigenvalue weighted by Gasteiger charge is 2.29. The Morgan fingerprint density at radius 2 is 1.62 bits per heavy atom. The minimum absolute atomic E-state index is 0.00113. The summed E-state index contributed by atoms with van der Waals surface area (Å²) < 4.78 is 29.3. The van der Waals surface area contributed by atoms with Crippen molar-refractivity contribution in [3.05, 3.63) is 29.3 Å². The average molecular weight is 384 g/mol. The maximum absolute atomic E-state index is 12.8. The summed E-state index contributed by atoms with van der Waals surface area (Å²) in [5, 5.41) is 0. The van der Waals surface area contributed by atoms with Gasteiger partial charge in [-0.3, -0.25) is 9.36 Å². The molecule has 6 heteroatoms. The number of hydrogen-bond acceptors (Lipinski definition) is 5. The van der Waals surface area contributed by atoms with Crippen molar-refractivity contribution in [2.24, 2.45) is 0 Å². The highest BCUT2D eigenvalue weighted by molar-refractivity contribution is 7.53. The molecule has 0 fully saturated rings. The normalized spacial score (nSPS) is 12.7. The van der Waals surface area contributed by atoms with Crippen LogP contribution in [-0.2, 0) is 23.8 Å². The molecule has 0 aliphatic heterocycles. The molecule has 0 N–H and O–H groups in total. The first-order valence-corrected chi connectivity index (χ1v) is 10.8. The van der Waals surface area contributed by atoms with E-state index in [0.717, 1.165) is 11.1 Å². The molecule has 0 heterocycles. The monoisotopic (exact) mass is 384 g/mol. The first-order valence-electron chi connectivity index (χ1n) is 9.10. The fourth-order valence-electron chi connectivity index (χ4n) is 2.51. The van der Waals surface area contributed by atoms with Crippen molar-refractivity contribution in [2.75, 3.05) is 6.16 Å². The van der Waals surface area contributed by atoms with Gasteiger partial charge in [0.2, 0.25) is 0 Å². The van der Waals surface area contributed by atoms with Crippen LogP contribution in [-0.4, -0.2) is 24.3 Å². The average Bonchev–Trinajstić information content (AvgIpc) is 2.42. The van der Waals surface area contributed by atoms with Gasteiger partial charge in [-0.2, -0.15) is 0 Å². The van der Waals surface area contributed by atoms with Gasteiger partial charge in [0, 0.05) is 5.56 Å². The lowest BCUT2D eigenvalue weighted by Gasteiger charge is -2.24. The number of ether oxygens (including phenoxy) is 1. The largest absolute Gasteiger partial charge is 0.426 e. The van der Waals surface area contributed by atoms with Crippen molar-refractivity contribution in [3.8, 4) is 5.75 Å². The second-order valence-corrected chi connectivity index (χ2v) is 10.2. The van der Waals surface area contributed by atoms with Crippen LogP contribution in [0.15, 0.2) is 18.2 Å². The summed E-state index contributed by atoms with van der Waals surface area (Å²) in [7, 11) is -3.34. The second-order valence-electron chi connectivity index (χ2n) is 8.12. The fourth-order valence-corrected chi connectivity index (χ4v) is 4.51. The summed E-state index contributed by atoms with van der Waals surface area (Å²) in [4.78, 5) is 12.4. The van der Waals surface area contributed by atoms with E-state index in [1.165, 1.54) is 0 Å². The predicted molar refractivity (Wildman–Crippen MR) is 105 cm³/mol. The first kappa shape index (κ1) is 22.9. The molecule has 0 aromatic heterocycles. The van der Waals surface area contributed by atoms with Crippen LogP contribution in [0, 0.1) is 6.92 Å². The van der Waals surface area contributed by atoms with Gasteiger partial charge in [0.05, 0.1) is 24.8 Å². The fraction of sp³-hybridized carbons (Fsp3) is 0.650.